The molecule has 1 aliphatic carbocycles. The van der Waals surface area contributed by atoms with Crippen molar-refractivity contribution >= 4 is 46.7 Å². The first-order chi connectivity index (χ1) is 22.4. The Morgan fingerprint density at radius 1 is 0.938 bits per heavy atom. The van der Waals surface area contributed by atoms with E-state index in [2.05, 4.69) is 30.7 Å². The molecule has 0 aromatic carbocycles. The number of nitrogens with one attached hydrogen (secondary N) is 2. The minimum absolute atomic E-state index is 0. The molecule has 0 radical (unpaired) electrons. The fraction of sp³-hybridized carbons (Fsp3) is 0.556. The Kier molecular flexibility index (Phi) is 10.7. The number of esters is 2. The van der Waals surface area contributed by atoms with Crippen molar-refractivity contribution in [1.29, 1.82) is 0 Å². The van der Waals surface area contributed by atoms with Gasteiger partial charge in [-0.05, 0) is 61.7 Å². The number of hydrogen-bond acceptors (Lipinski definition) is 8. The van der Waals surface area contributed by atoms with Gasteiger partial charge >= 0.3 is 41.0 Å². The molecule has 252 valence electrons. The summed E-state index contributed by atoms with van der Waals surface area (Å²) in [5.74, 6) is -3.92. The average molecular weight is 669 g/mol. The number of carbonyl (C=O) groups excluding carboxylic acids is 3. The fourth-order valence-corrected chi connectivity index (χ4v) is 9.26. The first-order valence-electron chi connectivity index (χ1n) is 16.4. The number of carbonyl (C=O) groups is 4. The molecule has 3 fully saturated rings. The number of ether oxygens (including phenoxy) is 2. The third kappa shape index (κ3) is 5.88. The first-order valence-corrected chi connectivity index (χ1v) is 16.4. The zero-order valence-corrected chi connectivity index (χ0v) is 29.7. The van der Waals surface area contributed by atoms with Crippen LogP contribution in [0.15, 0.2) is 70.9 Å². The molecule has 6 rings (SSSR count). The Morgan fingerprint density at radius 3 is 2.27 bits per heavy atom. The summed E-state index contributed by atoms with van der Waals surface area (Å²) in [6.07, 6.45) is 8.04. The number of Topliss-reactive ketones (excluding diaryl/α,β-unsaturated/α-hetero) is 1. The van der Waals surface area contributed by atoms with Gasteiger partial charge in [0, 0.05) is 30.2 Å². The van der Waals surface area contributed by atoms with Crippen LogP contribution in [0.3, 0.4) is 0 Å². The summed E-state index contributed by atoms with van der Waals surface area (Å²) in [6, 6.07) is -2.45. The molecule has 6 aliphatic rings. The van der Waals surface area contributed by atoms with Gasteiger partial charge in [0.25, 0.3) is 0 Å². The number of aliphatic carboxylic acids is 1. The standard InChI is InChI=1S/C36H44N4O7.Mg/c1-8-18-15(3)21-12-22-16(4)20(10-11-27(41)42)32(39-22)30-31(36(45)47-7)34(43)28-17(5)23(40-33(28)30)13-25-19(9-2)29(35(44)46-6)26(38-25)14-24(18)37-21;/h8-11,15,18,21-26,30-33,38-39H,1-2,12-14H2,3-7H3,(H,41,42);/q-2;+2/b11-10+;/t15?,18?,21?,22?,23?,24?,25?,26?,30?,31-,32?,33?;/m1./s1. The minimum atomic E-state index is -1.09. The van der Waals surface area contributed by atoms with Gasteiger partial charge in [-0.2, -0.15) is 0 Å². The summed E-state index contributed by atoms with van der Waals surface area (Å²) in [5, 5.41) is 27.5. The number of hydrogen-bond donors (Lipinski definition) is 3. The maximum Gasteiger partial charge on any atom is 2.00 e. The Labute approximate surface area is 297 Å². The third-order valence-electron chi connectivity index (χ3n) is 11.6. The summed E-state index contributed by atoms with van der Waals surface area (Å²) >= 11 is 0. The molecule has 1 saturated carbocycles. The molecule has 5 heterocycles. The van der Waals surface area contributed by atoms with Crippen LogP contribution in [-0.4, -0.2) is 114 Å². The zero-order chi connectivity index (χ0) is 33.9. The second-order valence-corrected chi connectivity index (χ2v) is 13.7. The Bertz CT molecular complexity index is 1550. The van der Waals surface area contributed by atoms with Crippen molar-refractivity contribution in [2.75, 3.05) is 14.2 Å². The van der Waals surface area contributed by atoms with Crippen LogP contribution in [0.5, 0.6) is 0 Å². The van der Waals surface area contributed by atoms with E-state index in [0.29, 0.717) is 30.4 Å². The van der Waals surface area contributed by atoms with E-state index in [-0.39, 0.29) is 76.9 Å². The van der Waals surface area contributed by atoms with Crippen molar-refractivity contribution in [2.24, 2.45) is 23.7 Å². The molecule has 5 aliphatic heterocycles. The quantitative estimate of drug-likeness (QED) is 0.127. The normalized spacial score (nSPS) is 38.8. The molecule has 0 aromatic heterocycles. The van der Waals surface area contributed by atoms with Crippen molar-refractivity contribution in [3.63, 3.8) is 0 Å². The average Bonchev–Trinajstić information content (AvgIpc) is 3.79. The van der Waals surface area contributed by atoms with Crippen LogP contribution in [0.1, 0.15) is 40.0 Å². The number of methoxy groups -OCH3 is 2. The Morgan fingerprint density at radius 2 is 1.65 bits per heavy atom. The summed E-state index contributed by atoms with van der Waals surface area (Å²) in [5.41, 5.74) is 4.31. The summed E-state index contributed by atoms with van der Waals surface area (Å²) in [4.78, 5) is 52.4. The van der Waals surface area contributed by atoms with Crippen LogP contribution < -0.4 is 10.6 Å². The number of rotatable bonds is 6. The molecule has 48 heavy (non-hydrogen) atoms. The first kappa shape index (κ1) is 36.4. The van der Waals surface area contributed by atoms with E-state index in [4.69, 9.17) is 20.1 Å². The second-order valence-electron chi connectivity index (χ2n) is 13.7. The van der Waals surface area contributed by atoms with Crippen LogP contribution >= 0.6 is 0 Å². The topological polar surface area (TPSA) is 159 Å². The van der Waals surface area contributed by atoms with Gasteiger partial charge in [-0.3, -0.25) is 9.59 Å². The minimum Gasteiger partial charge on any atom is -0.656 e. The molecule has 11 nitrogen and oxygen atoms in total. The molecule has 0 spiro atoms. The maximum absolute atomic E-state index is 14.1. The molecule has 2 saturated heterocycles. The van der Waals surface area contributed by atoms with E-state index in [9.17, 15) is 24.3 Å². The second kappa shape index (κ2) is 14.2. The van der Waals surface area contributed by atoms with Crippen molar-refractivity contribution in [3.8, 4) is 0 Å². The van der Waals surface area contributed by atoms with Gasteiger partial charge in [0.2, 0.25) is 0 Å². The molecule has 0 amide bonds. The van der Waals surface area contributed by atoms with Gasteiger partial charge in [0.15, 0.2) is 5.78 Å². The Hall–Kier alpha value is -2.87. The van der Waals surface area contributed by atoms with Crippen LogP contribution in [0.4, 0.5) is 0 Å². The Balaban J connectivity index is 0.00000451. The van der Waals surface area contributed by atoms with Gasteiger partial charge < -0.3 is 35.8 Å². The molecule has 8 bridgehead atoms. The van der Waals surface area contributed by atoms with Gasteiger partial charge in [-0.15, -0.1) is 30.7 Å². The van der Waals surface area contributed by atoms with E-state index in [0.717, 1.165) is 28.4 Å². The number of carboxylic acids is 1. The molecule has 12 atom stereocenters. The van der Waals surface area contributed by atoms with Crippen LogP contribution in [0.2, 0.25) is 0 Å². The van der Waals surface area contributed by atoms with E-state index in [1.165, 1.54) is 14.2 Å². The summed E-state index contributed by atoms with van der Waals surface area (Å²) in [7, 11) is 2.65. The molecule has 11 unspecified atom stereocenters. The number of fused-ring (bicyclic) bond motifs is 8. The SMILES string of the molecule is C=CC1=C(C(=O)OC)C2CC3[N-]C(CC4NC(C(/C=C/C(=O)O)=C4C)C4C5[N-]C(CC1N2)C(C)=C5C(=O)[C@@H]4C(=O)OC)C(C)C3C=C.[Mg+2]. The third-order valence-corrected chi connectivity index (χ3v) is 11.6. The van der Waals surface area contributed by atoms with E-state index >= 15 is 0 Å². The van der Waals surface area contributed by atoms with Crippen LogP contribution in [0.25, 0.3) is 10.6 Å². The number of nitrogens with zero attached hydrogens (tertiary/aromatic N) is 2. The van der Waals surface area contributed by atoms with Gasteiger partial charge in [-0.25, -0.2) is 9.59 Å². The molecular formula is C36H44MgN4O7. The van der Waals surface area contributed by atoms with Gasteiger partial charge in [-0.1, -0.05) is 48.8 Å². The van der Waals surface area contributed by atoms with Crippen molar-refractivity contribution in [1.82, 2.24) is 10.6 Å². The largest absolute Gasteiger partial charge is 2.00 e. The van der Waals surface area contributed by atoms with Gasteiger partial charge in [0.05, 0.1) is 19.8 Å². The van der Waals surface area contributed by atoms with Gasteiger partial charge in [0.1, 0.15) is 5.92 Å². The molecular weight excluding hydrogens is 625 g/mol. The van der Waals surface area contributed by atoms with Crippen molar-refractivity contribution in [3.05, 3.63) is 81.5 Å². The molecule has 12 heteroatoms. The smallest absolute Gasteiger partial charge is 0.656 e. The van der Waals surface area contributed by atoms with E-state index in [1.807, 2.05) is 19.9 Å². The monoisotopic (exact) mass is 668 g/mol. The zero-order valence-electron chi connectivity index (χ0n) is 28.3. The fourth-order valence-electron chi connectivity index (χ4n) is 9.26. The van der Waals surface area contributed by atoms with Crippen LogP contribution in [-0.2, 0) is 28.7 Å². The van der Waals surface area contributed by atoms with Crippen molar-refractivity contribution < 1.29 is 33.8 Å². The molecule has 3 N–H and O–H groups in total. The summed E-state index contributed by atoms with van der Waals surface area (Å²) < 4.78 is 10.4. The summed E-state index contributed by atoms with van der Waals surface area (Å²) in [6.45, 7) is 14.2. The number of ketones is 1. The predicted molar refractivity (Wildman–Crippen MR) is 181 cm³/mol. The van der Waals surface area contributed by atoms with E-state index in [1.54, 1.807) is 12.2 Å². The van der Waals surface area contributed by atoms with Crippen LogP contribution in [0, 0.1) is 23.7 Å². The van der Waals surface area contributed by atoms with Crippen molar-refractivity contribution in [2.45, 2.75) is 88.4 Å². The van der Waals surface area contributed by atoms with E-state index < -0.39 is 41.8 Å². The predicted octanol–water partition coefficient (Wildman–Crippen LogP) is 3.08. The maximum atomic E-state index is 14.1. The number of carboxylic acid groups (broad SMARTS) is 1. The molecule has 0 aromatic rings.